The Kier molecular flexibility index (Phi) is 6.13. The Morgan fingerprint density at radius 1 is 1.07 bits per heavy atom. The van der Waals surface area contributed by atoms with E-state index in [0.717, 1.165) is 16.2 Å². The van der Waals surface area contributed by atoms with Crippen LogP contribution in [0.1, 0.15) is 0 Å². The lowest BCUT2D eigenvalue weighted by Gasteiger charge is -2.34. The molecule has 1 saturated heterocycles. The first-order chi connectivity index (χ1) is 12.9. The minimum Gasteiger partial charge on any atom is -0.375 e. The van der Waals surface area contributed by atoms with Gasteiger partial charge in [-0.1, -0.05) is 18.2 Å². The van der Waals surface area contributed by atoms with Gasteiger partial charge in [0.2, 0.25) is 15.9 Å². The maximum atomic E-state index is 13.3. The lowest BCUT2D eigenvalue weighted by Crippen LogP contribution is -2.51. The third-order valence-electron chi connectivity index (χ3n) is 4.33. The number of piperazine rings is 1. The topological polar surface area (TPSA) is 69.7 Å². The van der Waals surface area contributed by atoms with Crippen LogP contribution in [0, 0.1) is 5.82 Å². The Bertz CT molecular complexity index is 931. The van der Waals surface area contributed by atoms with Crippen LogP contribution in [0.5, 0.6) is 0 Å². The molecule has 9 heteroatoms. The molecule has 0 unspecified atom stereocenters. The molecule has 1 aliphatic heterocycles. The smallest absolute Gasteiger partial charge is 0.243 e. The molecule has 1 heterocycles. The van der Waals surface area contributed by atoms with Crippen molar-refractivity contribution in [3.8, 4) is 0 Å². The molecule has 0 bridgehead atoms. The number of carbonyl (C=O) groups is 1. The highest BCUT2D eigenvalue weighted by molar-refractivity contribution is 9.10. The lowest BCUT2D eigenvalue weighted by molar-refractivity contribution is -0.130. The Morgan fingerprint density at radius 2 is 1.78 bits per heavy atom. The Morgan fingerprint density at radius 3 is 2.44 bits per heavy atom. The van der Waals surface area contributed by atoms with Crippen LogP contribution in [-0.4, -0.2) is 56.3 Å². The van der Waals surface area contributed by atoms with Gasteiger partial charge in [0.15, 0.2) is 0 Å². The zero-order valence-electron chi connectivity index (χ0n) is 14.4. The Hall–Kier alpha value is -1.97. The SMILES string of the molecule is O=C(CNc1ccccc1Br)N1CCN(S(=O)(=O)c2cccc(F)c2)CC1. The minimum atomic E-state index is -3.76. The van der Waals surface area contributed by atoms with Crippen molar-refractivity contribution in [3.05, 3.63) is 58.8 Å². The quantitative estimate of drug-likeness (QED) is 0.751. The number of rotatable bonds is 5. The number of nitrogens with one attached hydrogen (secondary N) is 1. The van der Waals surface area contributed by atoms with Gasteiger partial charge in [-0.25, -0.2) is 12.8 Å². The second-order valence-corrected chi connectivity index (χ2v) is 8.87. The normalized spacial score (nSPS) is 15.6. The zero-order valence-corrected chi connectivity index (χ0v) is 16.8. The predicted molar refractivity (Wildman–Crippen MR) is 104 cm³/mol. The monoisotopic (exact) mass is 455 g/mol. The largest absolute Gasteiger partial charge is 0.375 e. The third-order valence-corrected chi connectivity index (χ3v) is 6.92. The molecule has 1 fully saturated rings. The fourth-order valence-electron chi connectivity index (χ4n) is 2.84. The van der Waals surface area contributed by atoms with Crippen LogP contribution < -0.4 is 5.32 Å². The summed E-state index contributed by atoms with van der Waals surface area (Å²) >= 11 is 3.41. The molecular weight excluding hydrogens is 437 g/mol. The highest BCUT2D eigenvalue weighted by atomic mass is 79.9. The Balaban J connectivity index is 1.57. The number of hydrogen-bond donors (Lipinski definition) is 1. The number of para-hydroxylation sites is 1. The summed E-state index contributed by atoms with van der Waals surface area (Å²) in [7, 11) is -3.76. The summed E-state index contributed by atoms with van der Waals surface area (Å²) in [5.74, 6) is -0.698. The Labute approximate surface area is 166 Å². The van der Waals surface area contributed by atoms with E-state index in [9.17, 15) is 17.6 Å². The van der Waals surface area contributed by atoms with E-state index in [-0.39, 0.29) is 30.4 Å². The molecule has 0 saturated carbocycles. The second-order valence-electron chi connectivity index (χ2n) is 6.08. The molecule has 1 N–H and O–H groups in total. The van der Waals surface area contributed by atoms with Crippen LogP contribution in [0.3, 0.4) is 0 Å². The summed E-state index contributed by atoms with van der Waals surface area (Å²) in [4.78, 5) is 13.9. The molecule has 144 valence electrons. The summed E-state index contributed by atoms with van der Waals surface area (Å²) in [6.07, 6.45) is 0. The second kappa shape index (κ2) is 8.37. The molecule has 1 aliphatic rings. The van der Waals surface area contributed by atoms with Gasteiger partial charge < -0.3 is 10.2 Å². The van der Waals surface area contributed by atoms with E-state index in [1.165, 1.54) is 22.5 Å². The molecule has 6 nitrogen and oxygen atoms in total. The standard InChI is InChI=1S/C18H19BrFN3O3S/c19-16-6-1-2-7-17(16)21-13-18(24)22-8-10-23(11-9-22)27(25,26)15-5-3-4-14(20)12-15/h1-7,12,21H,8-11,13H2. The van der Waals surface area contributed by atoms with E-state index in [4.69, 9.17) is 0 Å². The van der Waals surface area contributed by atoms with Crippen LogP contribution in [0.15, 0.2) is 57.9 Å². The van der Waals surface area contributed by atoms with Crippen molar-refractivity contribution in [1.82, 2.24) is 9.21 Å². The highest BCUT2D eigenvalue weighted by Gasteiger charge is 2.30. The van der Waals surface area contributed by atoms with Crippen molar-refractivity contribution in [2.45, 2.75) is 4.90 Å². The number of amides is 1. The number of anilines is 1. The number of hydrogen-bond acceptors (Lipinski definition) is 4. The predicted octanol–water partition coefficient (Wildman–Crippen LogP) is 2.53. The summed E-state index contributed by atoms with van der Waals surface area (Å²) in [6.45, 7) is 1.08. The van der Waals surface area contributed by atoms with Gasteiger partial charge >= 0.3 is 0 Å². The van der Waals surface area contributed by atoms with Crippen molar-refractivity contribution in [3.63, 3.8) is 0 Å². The van der Waals surface area contributed by atoms with Gasteiger partial charge in [-0.3, -0.25) is 4.79 Å². The lowest BCUT2D eigenvalue weighted by atomic mass is 10.3. The molecular formula is C18H19BrFN3O3S. The van der Waals surface area contributed by atoms with E-state index in [1.807, 2.05) is 24.3 Å². The van der Waals surface area contributed by atoms with Crippen molar-refractivity contribution in [2.75, 3.05) is 38.0 Å². The van der Waals surface area contributed by atoms with Crippen molar-refractivity contribution >= 4 is 37.5 Å². The number of halogens is 2. The van der Waals surface area contributed by atoms with Crippen LogP contribution in [0.25, 0.3) is 0 Å². The van der Waals surface area contributed by atoms with Crippen LogP contribution in [0.2, 0.25) is 0 Å². The molecule has 2 aromatic carbocycles. The fourth-order valence-corrected chi connectivity index (χ4v) is 4.72. The molecule has 0 atom stereocenters. The fraction of sp³-hybridized carbons (Fsp3) is 0.278. The summed E-state index contributed by atoms with van der Waals surface area (Å²) in [5.41, 5.74) is 0.818. The average molecular weight is 456 g/mol. The third kappa shape index (κ3) is 4.66. The molecule has 0 aliphatic carbocycles. The minimum absolute atomic E-state index is 0.0714. The molecule has 1 amide bonds. The van der Waals surface area contributed by atoms with Crippen LogP contribution in [0.4, 0.5) is 10.1 Å². The van der Waals surface area contributed by atoms with Crippen molar-refractivity contribution in [1.29, 1.82) is 0 Å². The maximum Gasteiger partial charge on any atom is 0.243 e. The highest BCUT2D eigenvalue weighted by Crippen LogP contribution is 2.21. The van der Waals surface area contributed by atoms with Crippen molar-refractivity contribution in [2.24, 2.45) is 0 Å². The van der Waals surface area contributed by atoms with E-state index in [1.54, 1.807) is 4.90 Å². The molecule has 0 spiro atoms. The first kappa shape index (κ1) is 19.8. The summed E-state index contributed by atoms with van der Waals surface area (Å²) < 4.78 is 40.7. The maximum absolute atomic E-state index is 13.3. The number of sulfonamides is 1. The van der Waals surface area contributed by atoms with Gasteiger partial charge in [0.25, 0.3) is 0 Å². The van der Waals surface area contributed by atoms with Crippen LogP contribution >= 0.6 is 15.9 Å². The van der Waals surface area contributed by atoms with Gasteiger partial charge in [-0.05, 0) is 46.3 Å². The van der Waals surface area contributed by atoms with Gasteiger partial charge in [0.1, 0.15) is 5.82 Å². The number of nitrogens with zero attached hydrogens (tertiary/aromatic N) is 2. The molecule has 0 radical (unpaired) electrons. The molecule has 2 aromatic rings. The van der Waals surface area contributed by atoms with Crippen molar-refractivity contribution < 1.29 is 17.6 Å². The first-order valence-electron chi connectivity index (χ1n) is 8.40. The average Bonchev–Trinajstić information content (AvgIpc) is 2.67. The molecule has 0 aromatic heterocycles. The van der Waals surface area contributed by atoms with Gasteiger partial charge in [0.05, 0.1) is 11.4 Å². The van der Waals surface area contributed by atoms with Gasteiger partial charge in [0, 0.05) is 36.3 Å². The molecule has 3 rings (SSSR count). The zero-order chi connectivity index (χ0) is 19.4. The number of benzene rings is 2. The summed E-state index contributed by atoms with van der Waals surface area (Å²) in [6, 6.07) is 12.4. The van der Waals surface area contributed by atoms with E-state index in [2.05, 4.69) is 21.2 Å². The summed E-state index contributed by atoms with van der Waals surface area (Å²) in [5, 5.41) is 3.07. The molecule has 27 heavy (non-hydrogen) atoms. The van der Waals surface area contributed by atoms with Gasteiger partial charge in [-0.2, -0.15) is 4.31 Å². The van der Waals surface area contributed by atoms with E-state index in [0.29, 0.717) is 13.1 Å². The van der Waals surface area contributed by atoms with Gasteiger partial charge in [-0.15, -0.1) is 0 Å². The first-order valence-corrected chi connectivity index (χ1v) is 10.6. The van der Waals surface area contributed by atoms with E-state index >= 15 is 0 Å². The number of carbonyl (C=O) groups excluding carboxylic acids is 1. The van der Waals surface area contributed by atoms with E-state index < -0.39 is 15.8 Å². The van der Waals surface area contributed by atoms with Crippen LogP contribution in [-0.2, 0) is 14.8 Å².